The summed E-state index contributed by atoms with van der Waals surface area (Å²) >= 11 is 0. The fraction of sp³-hybridized carbons (Fsp3) is 0.421. The first-order valence-corrected chi connectivity index (χ1v) is 8.43. The predicted molar refractivity (Wildman–Crippen MR) is 93.2 cm³/mol. The van der Waals surface area contributed by atoms with E-state index in [0.29, 0.717) is 12.5 Å². The summed E-state index contributed by atoms with van der Waals surface area (Å²) in [6, 6.07) is 12.5. The number of aliphatic hydroxyl groups is 1. The van der Waals surface area contributed by atoms with Crippen LogP contribution in [0.15, 0.2) is 48.7 Å². The van der Waals surface area contributed by atoms with Gasteiger partial charge >= 0.3 is 0 Å². The molecule has 122 valence electrons. The number of likely N-dealkylation sites (tertiary alicyclic amines) is 1. The maximum Gasteiger partial charge on any atom is 0.0668 e. The summed E-state index contributed by atoms with van der Waals surface area (Å²) < 4.78 is 1.84. The van der Waals surface area contributed by atoms with Crippen LogP contribution in [-0.2, 0) is 6.54 Å². The molecular weight excluding hydrogens is 286 g/mol. The van der Waals surface area contributed by atoms with Crippen molar-refractivity contribution >= 4 is 6.08 Å². The number of aromatic nitrogens is 2. The van der Waals surface area contributed by atoms with Crippen LogP contribution in [-0.4, -0.2) is 46.0 Å². The lowest BCUT2D eigenvalue weighted by molar-refractivity contribution is 0.225. The molecule has 1 aromatic heterocycles. The number of hydrogen-bond acceptors (Lipinski definition) is 3. The molecule has 2 aromatic rings. The van der Waals surface area contributed by atoms with Crippen molar-refractivity contribution in [3.63, 3.8) is 0 Å². The molecule has 2 heterocycles. The molecule has 3 rings (SSSR count). The van der Waals surface area contributed by atoms with E-state index >= 15 is 0 Å². The molecule has 1 saturated heterocycles. The Kier molecular flexibility index (Phi) is 5.61. The summed E-state index contributed by atoms with van der Waals surface area (Å²) in [7, 11) is 0. The molecule has 4 nitrogen and oxygen atoms in total. The molecule has 1 aromatic carbocycles. The van der Waals surface area contributed by atoms with Crippen molar-refractivity contribution in [1.29, 1.82) is 0 Å². The van der Waals surface area contributed by atoms with Crippen LogP contribution < -0.4 is 0 Å². The molecule has 1 aliphatic rings. The lowest BCUT2D eigenvalue weighted by Crippen LogP contribution is -2.34. The fourth-order valence-corrected chi connectivity index (χ4v) is 3.19. The Morgan fingerprint density at radius 3 is 2.91 bits per heavy atom. The predicted octanol–water partition coefficient (Wildman–Crippen LogP) is 2.77. The van der Waals surface area contributed by atoms with Crippen molar-refractivity contribution in [2.24, 2.45) is 0 Å². The average Bonchev–Trinajstić information content (AvgIpc) is 3.05. The second-order valence-corrected chi connectivity index (χ2v) is 6.14. The van der Waals surface area contributed by atoms with Crippen molar-refractivity contribution in [3.8, 4) is 0 Å². The quantitative estimate of drug-likeness (QED) is 0.892. The van der Waals surface area contributed by atoms with Gasteiger partial charge in [-0.1, -0.05) is 42.5 Å². The summed E-state index contributed by atoms with van der Waals surface area (Å²) in [5.41, 5.74) is 2.42. The van der Waals surface area contributed by atoms with Gasteiger partial charge in [0.15, 0.2) is 0 Å². The highest BCUT2D eigenvalue weighted by atomic mass is 16.3. The Morgan fingerprint density at radius 2 is 2.09 bits per heavy atom. The molecule has 1 fully saturated rings. The van der Waals surface area contributed by atoms with Gasteiger partial charge in [0, 0.05) is 25.2 Å². The Hall–Kier alpha value is -1.91. The Labute approximate surface area is 138 Å². The molecule has 0 aliphatic carbocycles. The molecule has 1 N–H and O–H groups in total. The minimum Gasteiger partial charge on any atom is -0.394 e. The molecule has 1 aliphatic heterocycles. The van der Waals surface area contributed by atoms with E-state index in [1.807, 2.05) is 16.9 Å². The summed E-state index contributed by atoms with van der Waals surface area (Å²) in [6.07, 6.45) is 8.84. The van der Waals surface area contributed by atoms with Gasteiger partial charge in [0.25, 0.3) is 0 Å². The van der Waals surface area contributed by atoms with Crippen molar-refractivity contribution in [3.05, 3.63) is 59.9 Å². The summed E-state index contributed by atoms with van der Waals surface area (Å²) in [5.74, 6) is 0.508. The maximum atomic E-state index is 9.00. The molecule has 0 spiro atoms. The second-order valence-electron chi connectivity index (χ2n) is 6.14. The van der Waals surface area contributed by atoms with Crippen LogP contribution in [0, 0.1) is 0 Å². The third-order valence-electron chi connectivity index (χ3n) is 4.39. The van der Waals surface area contributed by atoms with Crippen LogP contribution in [0.3, 0.4) is 0 Å². The number of piperidine rings is 1. The van der Waals surface area contributed by atoms with Gasteiger partial charge < -0.3 is 5.11 Å². The Morgan fingerprint density at radius 1 is 1.22 bits per heavy atom. The molecule has 0 bridgehead atoms. The average molecular weight is 311 g/mol. The van der Waals surface area contributed by atoms with Crippen molar-refractivity contribution < 1.29 is 5.11 Å². The monoisotopic (exact) mass is 311 g/mol. The summed E-state index contributed by atoms with van der Waals surface area (Å²) in [5, 5.41) is 13.6. The van der Waals surface area contributed by atoms with Crippen molar-refractivity contribution in [2.75, 3.05) is 26.2 Å². The summed E-state index contributed by atoms with van der Waals surface area (Å²) in [6.45, 7) is 3.93. The van der Waals surface area contributed by atoms with Crippen LogP contribution in [0.2, 0.25) is 0 Å². The number of rotatable bonds is 6. The third-order valence-corrected chi connectivity index (χ3v) is 4.39. The molecule has 1 unspecified atom stereocenters. The van der Waals surface area contributed by atoms with Crippen LogP contribution in [0.4, 0.5) is 0 Å². The minimum absolute atomic E-state index is 0.141. The van der Waals surface area contributed by atoms with Crippen LogP contribution in [0.5, 0.6) is 0 Å². The van der Waals surface area contributed by atoms with Gasteiger partial charge in [-0.15, -0.1) is 0 Å². The molecule has 4 heteroatoms. The van der Waals surface area contributed by atoms with Gasteiger partial charge in [-0.05, 0) is 31.0 Å². The maximum absolute atomic E-state index is 9.00. The largest absolute Gasteiger partial charge is 0.394 e. The zero-order chi connectivity index (χ0) is 15.9. The smallest absolute Gasteiger partial charge is 0.0668 e. The van der Waals surface area contributed by atoms with Crippen LogP contribution in [0.1, 0.15) is 30.0 Å². The summed E-state index contributed by atoms with van der Waals surface area (Å²) in [4.78, 5) is 2.50. The first kappa shape index (κ1) is 16.0. The number of nitrogens with zero attached hydrogens (tertiary/aromatic N) is 3. The first-order valence-electron chi connectivity index (χ1n) is 8.43. The molecule has 0 saturated carbocycles. The number of hydrogen-bond donors (Lipinski definition) is 1. The van der Waals surface area contributed by atoms with Gasteiger partial charge in [-0.25, -0.2) is 0 Å². The van der Waals surface area contributed by atoms with Gasteiger partial charge in [0.05, 0.1) is 18.8 Å². The van der Waals surface area contributed by atoms with Crippen LogP contribution >= 0.6 is 0 Å². The van der Waals surface area contributed by atoms with E-state index in [2.05, 4.69) is 52.5 Å². The Bertz CT molecular complexity index is 621. The highest BCUT2D eigenvalue weighted by Crippen LogP contribution is 2.25. The standard InChI is InChI=1S/C19H25N3O/c23-15-14-22-13-10-19(20-22)18-9-5-12-21(16-18)11-4-8-17-6-2-1-3-7-17/h1-4,6-8,10,13,18,23H,5,9,11-12,14-16H2/b8-4+. The zero-order valence-corrected chi connectivity index (χ0v) is 13.5. The van der Waals surface area contributed by atoms with E-state index < -0.39 is 0 Å². The molecular formula is C19H25N3O. The van der Waals surface area contributed by atoms with Gasteiger partial charge in [-0.3, -0.25) is 9.58 Å². The van der Waals surface area contributed by atoms with E-state index in [9.17, 15) is 0 Å². The SMILES string of the molecule is OCCn1ccc(C2CCCN(C/C=C/c3ccccc3)C2)n1. The second kappa shape index (κ2) is 8.09. The van der Waals surface area contributed by atoms with Gasteiger partial charge in [-0.2, -0.15) is 5.10 Å². The highest BCUT2D eigenvalue weighted by Gasteiger charge is 2.22. The van der Waals surface area contributed by atoms with Gasteiger partial charge in [0.1, 0.15) is 0 Å². The Balaban J connectivity index is 1.54. The third kappa shape index (κ3) is 4.53. The molecule has 0 amide bonds. The molecule has 1 atom stereocenters. The van der Waals surface area contributed by atoms with E-state index in [1.54, 1.807) is 0 Å². The number of aliphatic hydroxyl groups excluding tert-OH is 1. The normalized spacial score (nSPS) is 19.4. The minimum atomic E-state index is 0.141. The molecule has 23 heavy (non-hydrogen) atoms. The first-order chi connectivity index (χ1) is 11.3. The van der Waals surface area contributed by atoms with E-state index in [1.165, 1.54) is 18.4 Å². The zero-order valence-electron chi connectivity index (χ0n) is 13.5. The number of benzene rings is 1. The lowest BCUT2D eigenvalue weighted by Gasteiger charge is -2.31. The van der Waals surface area contributed by atoms with Crippen LogP contribution in [0.25, 0.3) is 6.08 Å². The van der Waals surface area contributed by atoms with Crippen molar-refractivity contribution in [1.82, 2.24) is 14.7 Å². The fourth-order valence-electron chi connectivity index (χ4n) is 3.19. The van der Waals surface area contributed by atoms with Gasteiger partial charge in [0.2, 0.25) is 0 Å². The molecule has 0 radical (unpaired) electrons. The highest BCUT2D eigenvalue weighted by molar-refractivity contribution is 5.48. The van der Waals surface area contributed by atoms with E-state index in [-0.39, 0.29) is 6.61 Å². The van der Waals surface area contributed by atoms with Crippen molar-refractivity contribution in [2.45, 2.75) is 25.3 Å². The topological polar surface area (TPSA) is 41.3 Å². The van der Waals surface area contributed by atoms with E-state index in [0.717, 1.165) is 25.3 Å². The van der Waals surface area contributed by atoms with E-state index in [4.69, 9.17) is 5.11 Å². The lowest BCUT2D eigenvalue weighted by atomic mass is 9.95.